The summed E-state index contributed by atoms with van der Waals surface area (Å²) >= 11 is 0. The van der Waals surface area contributed by atoms with Crippen molar-refractivity contribution in [1.82, 2.24) is 0 Å². The third kappa shape index (κ3) is 4.39. The Bertz CT molecular complexity index is 938. The van der Waals surface area contributed by atoms with Crippen molar-refractivity contribution in [3.63, 3.8) is 0 Å². The maximum absolute atomic E-state index is 11.8. The molecule has 1 aliphatic heterocycles. The topological polar surface area (TPSA) is 122 Å². The van der Waals surface area contributed by atoms with Crippen LogP contribution in [-0.2, 0) is 14.9 Å². The molecule has 126 valence electrons. The first kappa shape index (κ1) is 19.4. The van der Waals surface area contributed by atoms with Crippen LogP contribution in [0.3, 0.4) is 0 Å². The van der Waals surface area contributed by atoms with Gasteiger partial charge >= 0.3 is 29.6 Å². The van der Waals surface area contributed by atoms with Crippen molar-refractivity contribution in [3.8, 4) is 11.5 Å². The van der Waals surface area contributed by atoms with Crippen LogP contribution in [0.15, 0.2) is 58.5 Å². The van der Waals surface area contributed by atoms with E-state index in [4.69, 9.17) is 10.5 Å². The summed E-state index contributed by atoms with van der Waals surface area (Å²) in [5.41, 5.74) is 5.66. The summed E-state index contributed by atoms with van der Waals surface area (Å²) in [6.45, 7) is 0. The Morgan fingerprint density at radius 3 is 2.44 bits per heavy atom. The number of nitrogens with zero attached hydrogens (tertiary/aromatic N) is 2. The molecule has 2 aromatic rings. The van der Waals surface area contributed by atoms with E-state index in [0.29, 0.717) is 5.75 Å². The number of amides is 1. The van der Waals surface area contributed by atoms with Gasteiger partial charge in [0.15, 0.2) is 0 Å². The molecule has 0 atom stereocenters. The van der Waals surface area contributed by atoms with Gasteiger partial charge in [0.1, 0.15) is 22.2 Å². The number of para-hydroxylation sites is 1. The fourth-order valence-corrected chi connectivity index (χ4v) is 2.81. The van der Waals surface area contributed by atoms with Crippen LogP contribution in [0.1, 0.15) is 7.85 Å². The zero-order chi connectivity index (χ0) is 17.3. The molecule has 1 amide bonds. The molecule has 1 aliphatic rings. The van der Waals surface area contributed by atoms with E-state index in [2.05, 4.69) is 5.10 Å². The summed E-state index contributed by atoms with van der Waals surface area (Å²) < 4.78 is 38.3. The second kappa shape index (κ2) is 7.54. The number of ether oxygens (including phenoxy) is 1. The molecule has 0 saturated carbocycles. The molecule has 0 radical (unpaired) electrons. The first-order valence-corrected chi connectivity index (χ1v) is 8.29. The number of anilines is 1. The number of rotatable bonds is 4. The van der Waals surface area contributed by atoms with E-state index in [1.807, 2.05) is 0 Å². The van der Waals surface area contributed by atoms with Crippen LogP contribution >= 0.6 is 0 Å². The SMILES string of the molecule is NC1=NN(c2ccc(Oc3ccccc3)c(S(=O)(=O)O)c2)C(=O)C1.[H-].[Na+]. The first-order valence-electron chi connectivity index (χ1n) is 6.85. The third-order valence-corrected chi connectivity index (χ3v) is 4.09. The molecule has 25 heavy (non-hydrogen) atoms. The molecule has 0 bridgehead atoms. The minimum Gasteiger partial charge on any atom is -1.00 e. The molecule has 1 heterocycles. The Kier molecular flexibility index (Phi) is 5.86. The van der Waals surface area contributed by atoms with E-state index in [9.17, 15) is 17.8 Å². The average Bonchev–Trinajstić information content (AvgIpc) is 2.86. The quantitative estimate of drug-likeness (QED) is 0.517. The van der Waals surface area contributed by atoms with Gasteiger partial charge in [-0.25, -0.2) is 0 Å². The molecule has 0 aromatic heterocycles. The summed E-state index contributed by atoms with van der Waals surface area (Å²) in [6.07, 6.45) is -0.0521. The Balaban J connectivity index is 0.00000169. The van der Waals surface area contributed by atoms with Gasteiger partial charge in [-0.15, -0.1) is 0 Å². The number of hydrogen-bond donors (Lipinski definition) is 2. The van der Waals surface area contributed by atoms with Crippen molar-refractivity contribution in [2.24, 2.45) is 10.8 Å². The molecule has 10 heteroatoms. The summed E-state index contributed by atoms with van der Waals surface area (Å²) in [7, 11) is -4.58. The van der Waals surface area contributed by atoms with Gasteiger partial charge < -0.3 is 11.9 Å². The predicted molar refractivity (Wildman–Crippen MR) is 87.6 cm³/mol. The van der Waals surface area contributed by atoms with Crippen LogP contribution in [0.2, 0.25) is 0 Å². The van der Waals surface area contributed by atoms with E-state index < -0.39 is 20.9 Å². The second-order valence-electron chi connectivity index (χ2n) is 4.99. The van der Waals surface area contributed by atoms with Gasteiger partial charge in [-0.1, -0.05) is 18.2 Å². The van der Waals surface area contributed by atoms with Crippen LogP contribution in [0.25, 0.3) is 0 Å². The number of carbonyl (C=O) groups is 1. The van der Waals surface area contributed by atoms with Crippen LogP contribution in [-0.4, -0.2) is 24.7 Å². The molecule has 0 fully saturated rings. The zero-order valence-corrected chi connectivity index (χ0v) is 16.1. The average molecular weight is 371 g/mol. The van der Waals surface area contributed by atoms with Gasteiger partial charge in [0.2, 0.25) is 0 Å². The second-order valence-corrected chi connectivity index (χ2v) is 6.38. The smallest absolute Gasteiger partial charge is 1.00 e. The van der Waals surface area contributed by atoms with E-state index in [0.717, 1.165) is 11.1 Å². The fourth-order valence-electron chi connectivity index (χ4n) is 2.18. The molecule has 3 rings (SSSR count). The molecule has 0 spiro atoms. The van der Waals surface area contributed by atoms with E-state index >= 15 is 0 Å². The Morgan fingerprint density at radius 1 is 1.20 bits per heavy atom. The van der Waals surface area contributed by atoms with Gasteiger partial charge in [-0.05, 0) is 30.3 Å². The van der Waals surface area contributed by atoms with Gasteiger partial charge in [0, 0.05) is 0 Å². The van der Waals surface area contributed by atoms with Gasteiger partial charge in [0.05, 0.1) is 12.1 Å². The summed E-state index contributed by atoms with van der Waals surface area (Å²) in [4.78, 5) is 11.3. The van der Waals surface area contributed by atoms with Crippen LogP contribution < -0.4 is 45.0 Å². The summed E-state index contributed by atoms with van der Waals surface area (Å²) in [5.74, 6) is 0.0502. The molecule has 2 aromatic carbocycles. The van der Waals surface area contributed by atoms with Crippen molar-refractivity contribution in [2.45, 2.75) is 11.3 Å². The molecular weight excluding hydrogens is 357 g/mol. The molecule has 8 nitrogen and oxygen atoms in total. The van der Waals surface area contributed by atoms with Crippen molar-refractivity contribution >= 4 is 27.5 Å². The molecule has 0 saturated heterocycles. The minimum atomic E-state index is -4.58. The minimum absolute atomic E-state index is 0. The summed E-state index contributed by atoms with van der Waals surface area (Å²) in [5, 5.41) is 4.82. The van der Waals surface area contributed by atoms with E-state index in [-0.39, 0.29) is 54.7 Å². The Hall–Kier alpha value is -1.91. The number of carbonyl (C=O) groups excluding carboxylic acids is 1. The van der Waals surface area contributed by atoms with Crippen LogP contribution in [0.5, 0.6) is 11.5 Å². The van der Waals surface area contributed by atoms with E-state index in [1.165, 1.54) is 12.1 Å². The number of nitrogens with two attached hydrogens (primary N) is 1. The number of hydrogen-bond acceptors (Lipinski definition) is 6. The van der Waals surface area contributed by atoms with Gasteiger partial charge in [0.25, 0.3) is 16.0 Å². The van der Waals surface area contributed by atoms with Crippen LogP contribution in [0.4, 0.5) is 5.69 Å². The van der Waals surface area contributed by atoms with Crippen LogP contribution in [0, 0.1) is 0 Å². The van der Waals surface area contributed by atoms with Crippen molar-refractivity contribution in [3.05, 3.63) is 48.5 Å². The normalized spacial score (nSPS) is 14.0. The molecule has 0 aliphatic carbocycles. The van der Waals surface area contributed by atoms with Gasteiger partial charge in [-0.3, -0.25) is 9.35 Å². The Labute approximate surface area is 167 Å². The van der Waals surface area contributed by atoms with Gasteiger partial charge in [-0.2, -0.15) is 18.5 Å². The largest absolute Gasteiger partial charge is 1.00 e. The standard InChI is InChI=1S/C15H13N3O5S.Na.H/c16-14-9-15(19)18(17-14)10-6-7-12(13(8-10)24(20,21)22)23-11-4-2-1-3-5-11;;/h1-8H,9H2,(H2,16,17)(H,20,21,22);;/q;+1;-1. The van der Waals surface area contributed by atoms with Crippen molar-refractivity contribution in [1.29, 1.82) is 0 Å². The monoisotopic (exact) mass is 371 g/mol. The number of amidine groups is 1. The molecular formula is C15H14N3NaO5S. The summed E-state index contributed by atoms with van der Waals surface area (Å²) in [6, 6.07) is 12.4. The maximum atomic E-state index is 11.8. The third-order valence-electron chi connectivity index (χ3n) is 3.22. The number of hydrazone groups is 1. The fraction of sp³-hybridized carbons (Fsp3) is 0.0667. The van der Waals surface area contributed by atoms with Crippen molar-refractivity contribution < 1.29 is 53.5 Å². The molecule has 0 unspecified atom stereocenters. The van der Waals surface area contributed by atoms with E-state index in [1.54, 1.807) is 30.3 Å². The Morgan fingerprint density at radius 2 is 1.88 bits per heavy atom. The first-order chi connectivity index (χ1) is 11.3. The number of benzene rings is 2. The molecule has 3 N–H and O–H groups in total. The zero-order valence-electron chi connectivity index (χ0n) is 14.3. The predicted octanol–water partition coefficient (Wildman–Crippen LogP) is -1.15. The van der Waals surface area contributed by atoms with Crippen molar-refractivity contribution in [2.75, 3.05) is 5.01 Å². The maximum Gasteiger partial charge on any atom is 1.00 e.